The van der Waals surface area contributed by atoms with Crippen molar-refractivity contribution in [2.24, 2.45) is 5.41 Å². The van der Waals surface area contributed by atoms with E-state index in [1.807, 2.05) is 0 Å². The fourth-order valence-corrected chi connectivity index (χ4v) is 5.87. The molecule has 0 unspecified atom stereocenters. The zero-order valence-electron chi connectivity index (χ0n) is 12.6. The average Bonchev–Trinajstić information content (AvgIpc) is 3.26. The molecule has 0 aromatic heterocycles. The molecule has 1 fully saturated rings. The van der Waals surface area contributed by atoms with Gasteiger partial charge in [0, 0.05) is 16.4 Å². The number of hydrogen-bond donors (Lipinski definition) is 2. The second-order valence-electron chi connectivity index (χ2n) is 6.00. The van der Waals surface area contributed by atoms with Crippen molar-refractivity contribution in [1.29, 1.82) is 0 Å². The minimum atomic E-state index is -3.79. The van der Waals surface area contributed by atoms with Gasteiger partial charge in [-0.15, -0.1) is 0 Å². The van der Waals surface area contributed by atoms with E-state index in [1.54, 1.807) is 0 Å². The van der Waals surface area contributed by atoms with E-state index in [0.717, 1.165) is 0 Å². The standard InChI is InChI=1S/C17H16ClFO4S/c18-12-3-7-14(8-4-12)24(22,23)16-15(17(16,9-20)10-21)11-1-5-13(19)6-2-11/h1-8,15-16,20-21H,9-10H2/t15-,16-/m0/s1. The molecule has 1 saturated carbocycles. The lowest BCUT2D eigenvalue weighted by Crippen LogP contribution is -2.23. The Morgan fingerprint density at radius 1 is 1.00 bits per heavy atom. The van der Waals surface area contributed by atoms with Crippen LogP contribution < -0.4 is 0 Å². The molecule has 1 aliphatic rings. The van der Waals surface area contributed by atoms with Gasteiger partial charge < -0.3 is 10.2 Å². The maximum absolute atomic E-state index is 13.1. The zero-order chi connectivity index (χ0) is 17.5. The van der Waals surface area contributed by atoms with Gasteiger partial charge >= 0.3 is 0 Å². The van der Waals surface area contributed by atoms with E-state index < -0.39 is 45.5 Å². The number of hydrogen-bond acceptors (Lipinski definition) is 4. The summed E-state index contributed by atoms with van der Waals surface area (Å²) in [5, 5.41) is 18.9. The fourth-order valence-electron chi connectivity index (χ4n) is 3.32. The van der Waals surface area contributed by atoms with Crippen LogP contribution in [-0.4, -0.2) is 37.1 Å². The molecule has 0 spiro atoms. The van der Waals surface area contributed by atoms with Crippen molar-refractivity contribution in [3.63, 3.8) is 0 Å². The van der Waals surface area contributed by atoms with Gasteiger partial charge in [-0.3, -0.25) is 0 Å². The molecule has 7 heteroatoms. The molecule has 2 atom stereocenters. The first-order valence-corrected chi connectivity index (χ1v) is 9.26. The molecule has 0 aliphatic heterocycles. The highest BCUT2D eigenvalue weighted by Crippen LogP contribution is 2.63. The summed E-state index contributed by atoms with van der Waals surface area (Å²) in [6.45, 7) is -0.966. The van der Waals surface area contributed by atoms with Crippen molar-refractivity contribution in [1.82, 2.24) is 0 Å². The molecule has 0 saturated heterocycles. The first-order valence-electron chi connectivity index (χ1n) is 7.33. The molecule has 2 aromatic carbocycles. The predicted molar refractivity (Wildman–Crippen MR) is 88.2 cm³/mol. The summed E-state index contributed by atoms with van der Waals surface area (Å²) in [4.78, 5) is 0.0767. The minimum absolute atomic E-state index is 0.0767. The van der Waals surface area contributed by atoms with Crippen molar-refractivity contribution in [3.8, 4) is 0 Å². The van der Waals surface area contributed by atoms with Crippen molar-refractivity contribution in [3.05, 3.63) is 64.9 Å². The topological polar surface area (TPSA) is 74.6 Å². The van der Waals surface area contributed by atoms with E-state index >= 15 is 0 Å². The smallest absolute Gasteiger partial charge is 0.182 e. The van der Waals surface area contributed by atoms with E-state index in [0.29, 0.717) is 10.6 Å². The Balaban J connectivity index is 2.04. The van der Waals surface area contributed by atoms with Crippen LogP contribution in [0.3, 0.4) is 0 Å². The Bertz CT molecular complexity index is 830. The summed E-state index contributed by atoms with van der Waals surface area (Å²) in [6, 6.07) is 11.2. The largest absolute Gasteiger partial charge is 0.396 e. The van der Waals surface area contributed by atoms with Crippen LogP contribution in [0, 0.1) is 11.2 Å². The molecule has 4 nitrogen and oxygen atoms in total. The Morgan fingerprint density at radius 3 is 2.04 bits per heavy atom. The predicted octanol–water partition coefficient (Wildman–Crippen LogP) is 2.39. The van der Waals surface area contributed by atoms with Gasteiger partial charge in [-0.1, -0.05) is 23.7 Å². The number of rotatable bonds is 5. The highest BCUT2D eigenvalue weighted by Gasteiger charge is 2.70. The van der Waals surface area contributed by atoms with E-state index in [4.69, 9.17) is 11.6 Å². The second-order valence-corrected chi connectivity index (χ2v) is 8.50. The molecule has 0 bridgehead atoms. The van der Waals surface area contributed by atoms with Crippen LogP contribution in [0.5, 0.6) is 0 Å². The number of halogens is 2. The summed E-state index contributed by atoms with van der Waals surface area (Å²) in [5.74, 6) is -1.04. The molecule has 1 aliphatic carbocycles. The van der Waals surface area contributed by atoms with Gasteiger partial charge in [0.15, 0.2) is 9.84 Å². The third-order valence-corrected chi connectivity index (χ3v) is 7.27. The molecule has 0 amide bonds. The van der Waals surface area contributed by atoms with E-state index in [9.17, 15) is 23.0 Å². The molecular weight excluding hydrogens is 355 g/mol. The molecule has 128 valence electrons. The Labute approximate surface area is 144 Å². The molecule has 0 heterocycles. The molecular formula is C17H16ClFO4S. The SMILES string of the molecule is O=S(=O)(c1ccc(Cl)cc1)[C@H]1[C@H](c2ccc(F)cc2)C1(CO)CO. The van der Waals surface area contributed by atoms with Gasteiger partial charge in [0.05, 0.1) is 23.4 Å². The third-order valence-electron chi connectivity index (χ3n) is 4.67. The van der Waals surface area contributed by atoms with Crippen LogP contribution in [0.1, 0.15) is 11.5 Å². The van der Waals surface area contributed by atoms with Crippen molar-refractivity contribution >= 4 is 21.4 Å². The summed E-state index contributed by atoms with van der Waals surface area (Å²) >= 11 is 5.80. The summed E-state index contributed by atoms with van der Waals surface area (Å²) in [6.07, 6.45) is 0. The molecule has 2 aromatic rings. The quantitative estimate of drug-likeness (QED) is 0.847. The van der Waals surface area contributed by atoms with Gasteiger partial charge in [-0.2, -0.15) is 0 Å². The highest BCUT2D eigenvalue weighted by atomic mass is 35.5. The summed E-state index contributed by atoms with van der Waals surface area (Å²) in [5.41, 5.74) is -0.613. The van der Waals surface area contributed by atoms with Crippen LogP contribution in [-0.2, 0) is 9.84 Å². The number of sulfone groups is 1. The van der Waals surface area contributed by atoms with E-state index in [1.165, 1.54) is 48.5 Å². The third kappa shape index (κ3) is 2.63. The van der Waals surface area contributed by atoms with Crippen LogP contribution in [0.25, 0.3) is 0 Å². The van der Waals surface area contributed by atoms with Gasteiger partial charge in [0.2, 0.25) is 0 Å². The monoisotopic (exact) mass is 370 g/mol. The summed E-state index contributed by atoms with van der Waals surface area (Å²) < 4.78 is 39.0. The zero-order valence-corrected chi connectivity index (χ0v) is 14.1. The molecule has 2 N–H and O–H groups in total. The van der Waals surface area contributed by atoms with Crippen LogP contribution in [0.2, 0.25) is 5.02 Å². The van der Waals surface area contributed by atoms with Gasteiger partial charge in [0.1, 0.15) is 5.82 Å². The molecule has 3 rings (SSSR count). The second kappa shape index (κ2) is 6.11. The molecule has 0 radical (unpaired) electrons. The fraction of sp³-hybridized carbons (Fsp3) is 0.294. The van der Waals surface area contributed by atoms with Crippen molar-refractivity contribution in [2.75, 3.05) is 13.2 Å². The Kier molecular flexibility index (Phi) is 4.42. The van der Waals surface area contributed by atoms with Crippen LogP contribution in [0.4, 0.5) is 4.39 Å². The van der Waals surface area contributed by atoms with Gasteiger partial charge in [-0.25, -0.2) is 12.8 Å². The Hall–Kier alpha value is -1.47. The number of aliphatic hydroxyl groups excluding tert-OH is 2. The van der Waals surface area contributed by atoms with E-state index in [-0.39, 0.29) is 4.90 Å². The molecule has 24 heavy (non-hydrogen) atoms. The van der Waals surface area contributed by atoms with Gasteiger partial charge in [-0.05, 0) is 42.0 Å². The van der Waals surface area contributed by atoms with Crippen molar-refractivity contribution in [2.45, 2.75) is 16.1 Å². The first kappa shape index (κ1) is 17.4. The maximum Gasteiger partial charge on any atom is 0.182 e. The highest BCUT2D eigenvalue weighted by molar-refractivity contribution is 7.92. The lowest BCUT2D eigenvalue weighted by molar-refractivity contribution is 0.130. The maximum atomic E-state index is 13.1. The summed E-state index contributed by atoms with van der Waals surface area (Å²) in [7, 11) is -3.79. The normalized spacial score (nSPS) is 22.3. The van der Waals surface area contributed by atoms with Crippen LogP contribution in [0.15, 0.2) is 53.4 Å². The minimum Gasteiger partial charge on any atom is -0.396 e. The van der Waals surface area contributed by atoms with Crippen molar-refractivity contribution < 1.29 is 23.0 Å². The first-order chi connectivity index (χ1) is 11.4. The number of aliphatic hydroxyl groups is 2. The Morgan fingerprint density at radius 2 is 1.54 bits per heavy atom. The lowest BCUT2D eigenvalue weighted by Gasteiger charge is -2.11. The lowest BCUT2D eigenvalue weighted by atomic mass is 10.0. The van der Waals surface area contributed by atoms with Gasteiger partial charge in [0.25, 0.3) is 0 Å². The van der Waals surface area contributed by atoms with Crippen LogP contribution >= 0.6 is 11.6 Å². The number of benzene rings is 2. The average molecular weight is 371 g/mol. The van der Waals surface area contributed by atoms with E-state index in [2.05, 4.69) is 0 Å².